The maximum Gasteiger partial charge on any atom is 0 e. The van der Waals surface area contributed by atoms with Crippen LogP contribution in [0.2, 0.25) is 0 Å². The van der Waals surface area contributed by atoms with Crippen molar-refractivity contribution < 1.29 is 0 Å². The summed E-state index contributed by atoms with van der Waals surface area (Å²) in [6, 6.07) is 15.6. The minimum absolute atomic E-state index is 0. The Kier molecular flexibility index (Phi) is 2.29. The Balaban J connectivity index is 0.000000720. The number of halogens is 1. The normalized spacial score (nSPS) is 9.42. The maximum atomic E-state index is 3.16. The molecule has 0 saturated carbocycles. The van der Waals surface area contributed by atoms with Crippen molar-refractivity contribution in [3.63, 3.8) is 0 Å². The third kappa shape index (κ3) is 1.37. The summed E-state index contributed by atoms with van der Waals surface area (Å²) in [5.41, 5.74) is 0. The fraction of sp³-hybridized carbons (Fsp3) is 0. The molecule has 0 aromatic heterocycles. The average Bonchev–Trinajstić information content (AvgIpc) is 2.04. The van der Waals surface area contributed by atoms with E-state index in [1.54, 1.807) is 0 Å². The molecule has 0 bridgehead atoms. The Labute approximate surface area is 79.4 Å². The van der Waals surface area contributed by atoms with E-state index in [1.807, 2.05) is 12.1 Å². The summed E-state index contributed by atoms with van der Waals surface area (Å²) < 4.78 is 1.17. The van der Waals surface area contributed by atoms with E-state index in [1.165, 1.54) is 14.3 Å². The van der Waals surface area contributed by atoms with Gasteiger partial charge in [-0.05, 0) is 0 Å². The van der Waals surface area contributed by atoms with E-state index in [-0.39, 0.29) is 0 Å². The standard InChI is InChI=1S/C10H6I.Rf/c11-10-6-5-8-3-1-2-4-9(8)7-10;/h1-5,7H;/q-1;. The maximum absolute atomic E-state index is 3.16. The molecule has 0 atom stereocenters. The number of hydrogen-bond acceptors (Lipinski definition) is 0. The second-order valence-corrected chi connectivity index (χ2v) is 3.57. The van der Waals surface area contributed by atoms with Crippen molar-refractivity contribution in [2.75, 3.05) is 0 Å². The van der Waals surface area contributed by atoms with E-state index in [4.69, 9.17) is 0 Å². The molecule has 0 radical (unpaired) electrons. The zero-order chi connectivity index (χ0) is 7.68. The molecular weight excluding hydrogens is 514 g/mol. The Morgan fingerprint density at radius 2 is 1.75 bits per heavy atom. The summed E-state index contributed by atoms with van der Waals surface area (Å²) in [4.78, 5) is 0. The average molecular weight is 520 g/mol. The molecule has 0 heterocycles. The van der Waals surface area contributed by atoms with Crippen LogP contribution in [-0.2, 0) is 0 Å². The molecule has 56 valence electrons. The van der Waals surface area contributed by atoms with E-state index in [2.05, 4.69) is 52.9 Å². The first kappa shape index (κ1) is 8.53. The van der Waals surface area contributed by atoms with Gasteiger partial charge in [0.1, 0.15) is 0 Å². The van der Waals surface area contributed by atoms with Crippen molar-refractivity contribution in [3.8, 4) is 0 Å². The van der Waals surface area contributed by atoms with E-state index < -0.39 is 0 Å². The van der Waals surface area contributed by atoms with Gasteiger partial charge >= 0.3 is 0 Å². The van der Waals surface area contributed by atoms with Crippen LogP contribution in [-0.4, -0.2) is 0 Å². The van der Waals surface area contributed by atoms with Crippen molar-refractivity contribution in [1.29, 1.82) is 0 Å². The summed E-state index contributed by atoms with van der Waals surface area (Å²) in [6.45, 7) is 0. The number of hydrogen-bond donors (Lipinski definition) is 0. The summed E-state index contributed by atoms with van der Waals surface area (Å²) >= 11 is 2.27. The zero-order valence-electron chi connectivity index (χ0n) is 6.55. The van der Waals surface area contributed by atoms with Crippen molar-refractivity contribution in [2.45, 2.75) is 0 Å². The van der Waals surface area contributed by atoms with E-state index in [9.17, 15) is 0 Å². The predicted octanol–water partition coefficient (Wildman–Crippen LogP) is 3.24. The molecule has 2 aromatic rings. The van der Waals surface area contributed by atoms with Crippen LogP contribution in [0, 0.1) is 9.64 Å². The molecular formula is C10H6IRf-. The molecule has 0 nitrogen and oxygen atoms in total. The van der Waals surface area contributed by atoms with Gasteiger partial charge in [0.05, 0.1) is 0 Å². The van der Waals surface area contributed by atoms with Crippen LogP contribution in [0.25, 0.3) is 10.8 Å². The predicted molar refractivity (Wildman–Crippen MR) is 55.5 cm³/mol. The van der Waals surface area contributed by atoms with Crippen molar-refractivity contribution in [1.82, 2.24) is 0 Å². The van der Waals surface area contributed by atoms with Crippen LogP contribution in [0.5, 0.6) is 0 Å². The fourth-order valence-electron chi connectivity index (χ4n) is 1.10. The smallest absolute Gasteiger partial charge is 0 e. The minimum Gasteiger partial charge on any atom is -0.169 e. The van der Waals surface area contributed by atoms with Crippen molar-refractivity contribution >= 4 is 33.4 Å². The molecule has 0 aliphatic rings. The largest absolute Gasteiger partial charge is 0.169 e. The zero-order valence-corrected chi connectivity index (χ0v) is 15.1. The Bertz CT molecular complexity index is 384. The van der Waals surface area contributed by atoms with E-state index in [0.717, 1.165) is 0 Å². The van der Waals surface area contributed by atoms with E-state index in [0.29, 0.717) is 0 Å². The van der Waals surface area contributed by atoms with Gasteiger partial charge in [0.25, 0.3) is 0 Å². The van der Waals surface area contributed by atoms with Gasteiger partial charge in [0.15, 0.2) is 0 Å². The van der Waals surface area contributed by atoms with Crippen LogP contribution in [0.1, 0.15) is 0 Å². The molecule has 0 amide bonds. The van der Waals surface area contributed by atoms with Crippen LogP contribution in [0.3, 0.4) is 0 Å². The first-order valence-corrected chi connectivity index (χ1v) is 4.50. The fourth-order valence-corrected chi connectivity index (χ4v) is 1.59. The summed E-state index contributed by atoms with van der Waals surface area (Å²) in [7, 11) is 0. The number of fused-ring (bicyclic) bond motifs is 1. The second-order valence-electron chi connectivity index (χ2n) is 2.41. The van der Waals surface area contributed by atoms with Gasteiger partial charge in [-0.1, -0.05) is 44.4 Å². The molecule has 0 aliphatic heterocycles. The number of benzene rings is 2. The Morgan fingerprint density at radius 1 is 1.08 bits per heavy atom. The monoisotopic (exact) mass is 520 g/mol. The first-order chi connectivity index (χ1) is 5.36. The van der Waals surface area contributed by atoms with Gasteiger partial charge in [0, 0.05) is 0 Å². The molecule has 2 rings (SSSR count). The second kappa shape index (κ2) is 3.22. The molecule has 0 unspecified atom stereocenters. The minimum atomic E-state index is 0. The summed E-state index contributed by atoms with van der Waals surface area (Å²) in [5.74, 6) is 0. The summed E-state index contributed by atoms with van der Waals surface area (Å²) in [6.07, 6.45) is 0. The Hall–Kier alpha value is -1.57. The third-order valence-electron chi connectivity index (χ3n) is 1.64. The molecule has 12 heavy (non-hydrogen) atoms. The summed E-state index contributed by atoms with van der Waals surface area (Å²) in [5, 5.41) is 2.54. The van der Waals surface area contributed by atoms with Gasteiger partial charge in [-0.15, -0.1) is 22.9 Å². The Morgan fingerprint density at radius 3 is 2.50 bits per heavy atom. The van der Waals surface area contributed by atoms with Gasteiger partial charge in [-0.3, -0.25) is 0 Å². The van der Waals surface area contributed by atoms with Crippen LogP contribution in [0.15, 0.2) is 36.4 Å². The molecule has 2 heteroatoms. The molecule has 0 fully saturated rings. The van der Waals surface area contributed by atoms with Crippen molar-refractivity contribution in [3.05, 3.63) is 46.0 Å². The molecule has 0 saturated heterocycles. The number of rotatable bonds is 0. The first-order valence-electron chi connectivity index (χ1n) is 3.42. The van der Waals surface area contributed by atoms with Gasteiger partial charge in [-0.25, -0.2) is 0 Å². The SMILES string of the molecule is Ic1[c-]cc2ccccc2c1.[Rf]. The molecule has 2 aromatic carbocycles. The van der Waals surface area contributed by atoms with Crippen LogP contribution in [0.4, 0.5) is 0 Å². The van der Waals surface area contributed by atoms with Gasteiger partial charge < -0.3 is 0 Å². The molecule has 0 spiro atoms. The molecule has 0 N–H and O–H groups in total. The van der Waals surface area contributed by atoms with Gasteiger partial charge in [-0.2, -0.15) is 12.1 Å². The van der Waals surface area contributed by atoms with E-state index >= 15 is 0 Å². The quantitative estimate of drug-likeness (QED) is 0.370. The van der Waals surface area contributed by atoms with Crippen molar-refractivity contribution in [2.24, 2.45) is 0 Å². The molecule has 0 aliphatic carbocycles. The third-order valence-corrected chi connectivity index (χ3v) is 2.27. The van der Waals surface area contributed by atoms with Gasteiger partial charge in [0.2, 0.25) is 0 Å². The topological polar surface area (TPSA) is 0 Å². The van der Waals surface area contributed by atoms with Crippen LogP contribution >= 0.6 is 22.6 Å². The van der Waals surface area contributed by atoms with Crippen LogP contribution < -0.4 is 0 Å².